The fraction of sp³-hybridized carbons (Fsp3) is 0.615. The molecule has 3 rings (SSSR count). The Morgan fingerprint density at radius 3 is 2.68 bits per heavy atom. The summed E-state index contributed by atoms with van der Waals surface area (Å²) in [5.74, 6) is -0.725. The summed E-state index contributed by atoms with van der Waals surface area (Å²) < 4.78 is 45.1. The summed E-state index contributed by atoms with van der Waals surface area (Å²) in [5, 5.41) is 13.9. The first kappa shape index (κ1) is 15.0. The van der Waals surface area contributed by atoms with Crippen molar-refractivity contribution in [3.63, 3.8) is 0 Å². The van der Waals surface area contributed by atoms with Crippen LogP contribution < -0.4 is 5.32 Å². The minimum atomic E-state index is -4.60. The van der Waals surface area contributed by atoms with Crippen molar-refractivity contribution >= 4 is 11.5 Å². The summed E-state index contributed by atoms with van der Waals surface area (Å²) in [6.07, 6.45) is -2.59. The number of hydrogen-bond donors (Lipinski definition) is 1. The van der Waals surface area contributed by atoms with Crippen LogP contribution >= 0.6 is 0 Å². The van der Waals surface area contributed by atoms with Crippen LogP contribution in [0.4, 0.5) is 19.0 Å². The van der Waals surface area contributed by atoms with Crippen LogP contribution in [0.1, 0.15) is 29.8 Å². The lowest BCUT2D eigenvalue weighted by atomic mass is 10.2. The van der Waals surface area contributed by atoms with E-state index in [1.165, 1.54) is 0 Å². The van der Waals surface area contributed by atoms with Crippen molar-refractivity contribution in [3.8, 4) is 0 Å². The molecule has 0 aliphatic carbocycles. The van der Waals surface area contributed by atoms with E-state index in [-0.39, 0.29) is 11.8 Å². The van der Waals surface area contributed by atoms with Crippen LogP contribution in [0.5, 0.6) is 0 Å². The van der Waals surface area contributed by atoms with Crippen molar-refractivity contribution in [1.82, 2.24) is 19.8 Å². The predicted molar refractivity (Wildman–Crippen MR) is 72.7 cm³/mol. The number of nitrogens with zero attached hydrogens (tertiary/aromatic N) is 4. The van der Waals surface area contributed by atoms with E-state index in [4.69, 9.17) is 4.74 Å². The molecule has 0 saturated carbocycles. The number of rotatable bonds is 3. The molecule has 22 heavy (non-hydrogen) atoms. The van der Waals surface area contributed by atoms with Crippen LogP contribution in [0.3, 0.4) is 0 Å². The Labute approximate surface area is 124 Å². The number of nitrogens with one attached hydrogen (secondary N) is 1. The van der Waals surface area contributed by atoms with Gasteiger partial charge in [-0.1, -0.05) is 0 Å². The van der Waals surface area contributed by atoms with Crippen LogP contribution in [-0.4, -0.2) is 39.1 Å². The van der Waals surface area contributed by atoms with Crippen LogP contribution in [-0.2, 0) is 10.9 Å². The number of halogens is 3. The maximum absolute atomic E-state index is 12.9. The van der Waals surface area contributed by atoms with E-state index in [9.17, 15) is 13.2 Å². The van der Waals surface area contributed by atoms with E-state index >= 15 is 0 Å². The molecule has 3 heterocycles. The zero-order valence-corrected chi connectivity index (χ0v) is 12.2. The fourth-order valence-electron chi connectivity index (χ4n) is 2.49. The van der Waals surface area contributed by atoms with Gasteiger partial charge in [-0.05, 0) is 32.3 Å². The molecule has 6 nitrogen and oxygen atoms in total. The van der Waals surface area contributed by atoms with Crippen molar-refractivity contribution in [2.45, 2.75) is 39.0 Å². The zero-order valence-electron chi connectivity index (χ0n) is 12.2. The highest BCUT2D eigenvalue weighted by Crippen LogP contribution is 2.29. The number of fused-ring (bicyclic) bond motifs is 1. The van der Waals surface area contributed by atoms with Gasteiger partial charge in [-0.3, -0.25) is 0 Å². The molecule has 9 heteroatoms. The fourth-order valence-corrected chi connectivity index (χ4v) is 2.49. The van der Waals surface area contributed by atoms with Crippen molar-refractivity contribution in [1.29, 1.82) is 0 Å². The molecule has 0 spiro atoms. The summed E-state index contributed by atoms with van der Waals surface area (Å²) in [7, 11) is 0. The molecule has 1 aliphatic rings. The Kier molecular flexibility index (Phi) is 3.67. The van der Waals surface area contributed by atoms with Gasteiger partial charge in [-0.2, -0.15) is 17.7 Å². The van der Waals surface area contributed by atoms with E-state index in [0.29, 0.717) is 17.9 Å². The van der Waals surface area contributed by atoms with Gasteiger partial charge in [0.1, 0.15) is 5.82 Å². The smallest absolute Gasteiger partial charge is 0.376 e. The molecule has 1 atom stereocenters. The molecule has 1 unspecified atom stereocenters. The number of aromatic nitrogens is 4. The Bertz CT molecular complexity index is 691. The van der Waals surface area contributed by atoms with E-state index < -0.39 is 12.0 Å². The summed E-state index contributed by atoms with van der Waals surface area (Å²) in [4.78, 5) is 0. The lowest BCUT2D eigenvalue weighted by Crippen LogP contribution is -2.21. The molecule has 1 saturated heterocycles. The second-order valence-electron chi connectivity index (χ2n) is 5.37. The maximum Gasteiger partial charge on any atom is 0.453 e. The van der Waals surface area contributed by atoms with Gasteiger partial charge in [-0.15, -0.1) is 15.3 Å². The van der Waals surface area contributed by atoms with E-state index in [1.807, 2.05) is 0 Å². The minimum absolute atomic E-state index is 0.0696. The Morgan fingerprint density at radius 1 is 1.27 bits per heavy atom. The lowest BCUT2D eigenvalue weighted by molar-refractivity contribution is -0.146. The molecule has 0 radical (unpaired) electrons. The van der Waals surface area contributed by atoms with E-state index in [0.717, 1.165) is 29.5 Å². The average molecular weight is 315 g/mol. The molecular weight excluding hydrogens is 299 g/mol. The highest BCUT2D eigenvalue weighted by Gasteiger charge is 2.38. The van der Waals surface area contributed by atoms with Crippen molar-refractivity contribution in [3.05, 3.63) is 17.0 Å². The molecule has 120 valence electrons. The highest BCUT2D eigenvalue weighted by atomic mass is 19.4. The van der Waals surface area contributed by atoms with Crippen LogP contribution in [0.25, 0.3) is 5.65 Å². The predicted octanol–water partition coefficient (Wildman–Crippen LogP) is 2.35. The molecular formula is C13H16F3N5O. The molecule has 1 N–H and O–H groups in total. The van der Waals surface area contributed by atoms with Gasteiger partial charge >= 0.3 is 6.18 Å². The van der Waals surface area contributed by atoms with Crippen molar-refractivity contribution in [2.75, 3.05) is 18.5 Å². The Morgan fingerprint density at radius 2 is 2.05 bits per heavy atom. The molecule has 1 aliphatic heterocycles. The number of alkyl halides is 3. The van der Waals surface area contributed by atoms with Crippen LogP contribution in [0, 0.1) is 13.8 Å². The SMILES string of the molecule is Cc1c(NCC2CCCO2)nn2c(C(F)(F)F)nnc2c1C. The Balaban J connectivity index is 1.97. The van der Waals surface area contributed by atoms with Crippen LogP contribution in [0.15, 0.2) is 0 Å². The average Bonchev–Trinajstić information content (AvgIpc) is 3.09. The first-order valence-electron chi connectivity index (χ1n) is 7.03. The molecule has 0 aromatic carbocycles. The van der Waals surface area contributed by atoms with Crippen LogP contribution in [0.2, 0.25) is 0 Å². The van der Waals surface area contributed by atoms with Crippen molar-refractivity contribution < 1.29 is 17.9 Å². The largest absolute Gasteiger partial charge is 0.453 e. The second-order valence-corrected chi connectivity index (χ2v) is 5.37. The molecule has 0 bridgehead atoms. The summed E-state index contributed by atoms with van der Waals surface area (Å²) in [6.45, 7) is 4.74. The first-order chi connectivity index (χ1) is 10.4. The summed E-state index contributed by atoms with van der Waals surface area (Å²) in [5.41, 5.74) is 1.49. The van der Waals surface area contributed by atoms with Gasteiger partial charge in [-0.25, -0.2) is 0 Å². The van der Waals surface area contributed by atoms with E-state index in [1.54, 1.807) is 13.8 Å². The highest BCUT2D eigenvalue weighted by molar-refractivity contribution is 5.58. The van der Waals surface area contributed by atoms with Crippen molar-refractivity contribution in [2.24, 2.45) is 0 Å². The molecule has 2 aromatic heterocycles. The number of ether oxygens (including phenoxy) is 1. The first-order valence-corrected chi connectivity index (χ1v) is 7.03. The quantitative estimate of drug-likeness (QED) is 0.942. The standard InChI is InChI=1S/C13H16F3N5O/c1-7-8(2)11-18-19-12(13(14,15)16)21(11)20-10(7)17-6-9-4-3-5-22-9/h9H,3-6H2,1-2H3,(H,17,20). The lowest BCUT2D eigenvalue weighted by Gasteiger charge is -2.15. The third kappa shape index (κ3) is 2.60. The van der Waals surface area contributed by atoms with Gasteiger partial charge in [0.2, 0.25) is 0 Å². The van der Waals surface area contributed by atoms with Gasteiger partial charge in [0.25, 0.3) is 5.82 Å². The maximum atomic E-state index is 12.9. The summed E-state index contributed by atoms with van der Waals surface area (Å²) in [6, 6.07) is 0. The summed E-state index contributed by atoms with van der Waals surface area (Å²) >= 11 is 0. The van der Waals surface area contributed by atoms with Gasteiger partial charge in [0.05, 0.1) is 6.10 Å². The third-order valence-electron chi connectivity index (χ3n) is 3.87. The van der Waals surface area contributed by atoms with Gasteiger partial charge < -0.3 is 10.1 Å². The molecule has 1 fully saturated rings. The number of aryl methyl sites for hydroxylation is 1. The number of hydrogen-bond acceptors (Lipinski definition) is 5. The minimum Gasteiger partial charge on any atom is -0.376 e. The molecule has 0 amide bonds. The van der Waals surface area contributed by atoms with Gasteiger partial charge in [0.15, 0.2) is 5.65 Å². The molecule has 2 aromatic rings. The zero-order chi connectivity index (χ0) is 15.9. The third-order valence-corrected chi connectivity index (χ3v) is 3.87. The van der Waals surface area contributed by atoms with Gasteiger partial charge in [0, 0.05) is 18.7 Å². The normalized spacial score (nSPS) is 19.0. The topological polar surface area (TPSA) is 64.3 Å². The monoisotopic (exact) mass is 315 g/mol. The Hall–Kier alpha value is -1.90. The van der Waals surface area contributed by atoms with E-state index in [2.05, 4.69) is 20.6 Å². The second kappa shape index (κ2) is 5.38. The number of anilines is 1.